The van der Waals surface area contributed by atoms with Crippen molar-refractivity contribution in [1.82, 2.24) is 15.3 Å². The fourth-order valence-corrected chi connectivity index (χ4v) is 2.21. The van der Waals surface area contributed by atoms with Gasteiger partial charge < -0.3 is 20.1 Å². The number of rotatable bonds is 6. The number of aromatic nitrogens is 2. The Morgan fingerprint density at radius 1 is 1.21 bits per heavy atom. The van der Waals surface area contributed by atoms with Crippen LogP contribution in [-0.4, -0.2) is 29.2 Å². The van der Waals surface area contributed by atoms with E-state index in [4.69, 9.17) is 9.47 Å². The van der Waals surface area contributed by atoms with Crippen molar-refractivity contribution in [3.63, 3.8) is 0 Å². The Bertz CT molecular complexity index is 734. The topological polar surface area (TPSA) is 85.4 Å². The van der Waals surface area contributed by atoms with E-state index in [0.29, 0.717) is 30.5 Å². The number of benzene rings is 1. The number of hydrogen-bond acceptors (Lipinski definition) is 6. The highest BCUT2D eigenvalue weighted by atomic mass is 16.7. The highest BCUT2D eigenvalue weighted by Crippen LogP contribution is 2.32. The van der Waals surface area contributed by atoms with Crippen LogP contribution in [0.25, 0.3) is 0 Å². The van der Waals surface area contributed by atoms with E-state index in [0.717, 1.165) is 17.1 Å². The van der Waals surface area contributed by atoms with Crippen LogP contribution in [0.15, 0.2) is 30.6 Å². The van der Waals surface area contributed by atoms with E-state index < -0.39 is 0 Å². The molecule has 7 nitrogen and oxygen atoms in total. The van der Waals surface area contributed by atoms with Crippen LogP contribution >= 0.6 is 0 Å². The number of ether oxygens (including phenoxy) is 2. The minimum Gasteiger partial charge on any atom is -0.454 e. The molecule has 24 heavy (non-hydrogen) atoms. The molecule has 0 aliphatic carbocycles. The van der Waals surface area contributed by atoms with Crippen molar-refractivity contribution in [2.45, 2.75) is 20.4 Å². The highest BCUT2D eigenvalue weighted by Gasteiger charge is 2.13. The van der Waals surface area contributed by atoms with Crippen molar-refractivity contribution in [2.75, 3.05) is 18.7 Å². The second-order valence-electron chi connectivity index (χ2n) is 5.93. The van der Waals surface area contributed by atoms with Gasteiger partial charge in [-0.3, -0.25) is 4.79 Å². The van der Waals surface area contributed by atoms with Gasteiger partial charge in [0, 0.05) is 19.2 Å². The number of nitrogens with zero attached hydrogens (tertiary/aromatic N) is 2. The van der Waals surface area contributed by atoms with Gasteiger partial charge in [-0.1, -0.05) is 19.9 Å². The molecule has 126 valence electrons. The number of amides is 1. The molecule has 0 spiro atoms. The summed E-state index contributed by atoms with van der Waals surface area (Å²) < 4.78 is 10.6. The Hall–Kier alpha value is -2.83. The predicted molar refractivity (Wildman–Crippen MR) is 89.1 cm³/mol. The van der Waals surface area contributed by atoms with Crippen LogP contribution in [0.1, 0.15) is 29.9 Å². The molecular formula is C17H20N4O3. The van der Waals surface area contributed by atoms with Gasteiger partial charge in [0.15, 0.2) is 11.5 Å². The number of fused-ring (bicyclic) bond motifs is 1. The zero-order valence-corrected chi connectivity index (χ0v) is 13.7. The molecule has 1 aromatic carbocycles. The van der Waals surface area contributed by atoms with Gasteiger partial charge in [-0.15, -0.1) is 0 Å². The summed E-state index contributed by atoms with van der Waals surface area (Å²) in [6.45, 7) is 5.51. The normalized spacial score (nSPS) is 12.3. The molecule has 7 heteroatoms. The first-order chi connectivity index (χ1) is 11.6. The van der Waals surface area contributed by atoms with Crippen LogP contribution < -0.4 is 20.1 Å². The predicted octanol–water partition coefficient (Wildman–Crippen LogP) is 2.20. The van der Waals surface area contributed by atoms with Crippen molar-refractivity contribution in [2.24, 2.45) is 5.92 Å². The Morgan fingerprint density at radius 3 is 2.88 bits per heavy atom. The maximum atomic E-state index is 12.0. The lowest BCUT2D eigenvalue weighted by Crippen LogP contribution is -2.28. The largest absolute Gasteiger partial charge is 0.454 e. The summed E-state index contributed by atoms with van der Waals surface area (Å²) in [5, 5.41) is 6.03. The van der Waals surface area contributed by atoms with Gasteiger partial charge in [0.25, 0.3) is 5.91 Å². The molecule has 3 rings (SSSR count). The number of nitrogens with one attached hydrogen (secondary N) is 2. The van der Waals surface area contributed by atoms with Crippen molar-refractivity contribution in [1.29, 1.82) is 0 Å². The fraction of sp³-hybridized carbons (Fsp3) is 0.353. The molecule has 1 amide bonds. The molecule has 0 saturated carbocycles. The number of carbonyl (C=O) groups excluding carboxylic acids is 1. The molecule has 2 heterocycles. The summed E-state index contributed by atoms with van der Waals surface area (Å²) >= 11 is 0. The number of anilines is 1. The quantitative estimate of drug-likeness (QED) is 0.845. The number of hydrogen-bond donors (Lipinski definition) is 2. The van der Waals surface area contributed by atoms with Crippen molar-refractivity contribution >= 4 is 11.7 Å². The van der Waals surface area contributed by atoms with Crippen LogP contribution in [0.3, 0.4) is 0 Å². The fourth-order valence-electron chi connectivity index (χ4n) is 2.21. The van der Waals surface area contributed by atoms with Crippen molar-refractivity contribution in [3.05, 3.63) is 41.9 Å². The molecule has 0 fully saturated rings. The third-order valence-electron chi connectivity index (χ3n) is 3.48. The SMILES string of the molecule is CC(C)CNC(=O)c1cc(NCc2ccc3c(c2)OCO3)ncn1. The van der Waals surface area contributed by atoms with Gasteiger partial charge >= 0.3 is 0 Å². The summed E-state index contributed by atoms with van der Waals surface area (Å²) in [6.07, 6.45) is 1.38. The summed E-state index contributed by atoms with van der Waals surface area (Å²) in [5.41, 5.74) is 1.38. The van der Waals surface area contributed by atoms with E-state index in [9.17, 15) is 4.79 Å². The summed E-state index contributed by atoms with van der Waals surface area (Å²) in [5.74, 6) is 2.28. The lowest BCUT2D eigenvalue weighted by Gasteiger charge is -2.09. The minimum atomic E-state index is -0.197. The first kappa shape index (κ1) is 16.0. The lowest BCUT2D eigenvalue weighted by atomic mass is 10.2. The van der Waals surface area contributed by atoms with Crippen LogP contribution in [0, 0.1) is 5.92 Å². The van der Waals surface area contributed by atoms with Gasteiger partial charge in [-0.2, -0.15) is 0 Å². The van der Waals surface area contributed by atoms with Gasteiger partial charge in [-0.25, -0.2) is 9.97 Å². The zero-order chi connectivity index (χ0) is 16.9. The van der Waals surface area contributed by atoms with Gasteiger partial charge in [0.2, 0.25) is 6.79 Å². The first-order valence-electron chi connectivity index (χ1n) is 7.84. The lowest BCUT2D eigenvalue weighted by molar-refractivity contribution is 0.0944. The van der Waals surface area contributed by atoms with Crippen LogP contribution in [0.2, 0.25) is 0 Å². The Kier molecular flexibility index (Phi) is 4.79. The van der Waals surface area contributed by atoms with Gasteiger partial charge in [0.05, 0.1) is 0 Å². The highest BCUT2D eigenvalue weighted by molar-refractivity contribution is 5.92. The molecule has 0 unspecified atom stereocenters. The van der Waals surface area contributed by atoms with Crippen LogP contribution in [-0.2, 0) is 6.54 Å². The average Bonchev–Trinajstić information content (AvgIpc) is 3.05. The van der Waals surface area contributed by atoms with Crippen molar-refractivity contribution < 1.29 is 14.3 Å². The molecule has 0 atom stereocenters. The van der Waals surface area contributed by atoms with Gasteiger partial charge in [-0.05, 0) is 23.6 Å². The Balaban J connectivity index is 1.61. The first-order valence-corrected chi connectivity index (χ1v) is 7.84. The molecule has 1 aliphatic heterocycles. The minimum absolute atomic E-state index is 0.197. The molecule has 0 radical (unpaired) electrons. The molecule has 0 bridgehead atoms. The zero-order valence-electron chi connectivity index (χ0n) is 13.7. The monoisotopic (exact) mass is 328 g/mol. The van der Waals surface area contributed by atoms with Crippen LogP contribution in [0.5, 0.6) is 11.5 Å². The van der Waals surface area contributed by atoms with E-state index in [1.807, 2.05) is 32.0 Å². The van der Waals surface area contributed by atoms with E-state index in [1.165, 1.54) is 6.33 Å². The summed E-state index contributed by atoms with van der Waals surface area (Å²) in [6, 6.07) is 7.40. The van der Waals surface area contributed by atoms with E-state index in [2.05, 4.69) is 20.6 Å². The molecule has 0 saturated heterocycles. The number of carbonyl (C=O) groups is 1. The second-order valence-corrected chi connectivity index (χ2v) is 5.93. The third-order valence-corrected chi connectivity index (χ3v) is 3.48. The van der Waals surface area contributed by atoms with Crippen LogP contribution in [0.4, 0.5) is 5.82 Å². The summed E-state index contributed by atoms with van der Waals surface area (Å²) in [7, 11) is 0. The van der Waals surface area contributed by atoms with E-state index >= 15 is 0 Å². The maximum absolute atomic E-state index is 12.0. The Labute approximate surface area is 140 Å². The Morgan fingerprint density at radius 2 is 2.04 bits per heavy atom. The van der Waals surface area contributed by atoms with E-state index in [1.54, 1.807) is 6.07 Å². The average molecular weight is 328 g/mol. The molecule has 2 aromatic rings. The van der Waals surface area contributed by atoms with Gasteiger partial charge in [0.1, 0.15) is 17.8 Å². The third kappa shape index (κ3) is 3.92. The molecule has 1 aliphatic rings. The summed E-state index contributed by atoms with van der Waals surface area (Å²) in [4.78, 5) is 20.2. The second kappa shape index (κ2) is 7.16. The molecule has 1 aromatic heterocycles. The van der Waals surface area contributed by atoms with E-state index in [-0.39, 0.29) is 12.7 Å². The standard InChI is InChI=1S/C17H20N4O3/c1-11(2)7-19-17(22)13-6-16(21-9-20-13)18-8-12-3-4-14-15(5-12)24-10-23-14/h3-6,9,11H,7-8,10H2,1-2H3,(H,19,22)(H,18,20,21). The van der Waals surface area contributed by atoms with Crippen molar-refractivity contribution in [3.8, 4) is 11.5 Å². The maximum Gasteiger partial charge on any atom is 0.270 e. The molecule has 2 N–H and O–H groups in total. The smallest absolute Gasteiger partial charge is 0.270 e. The molecular weight excluding hydrogens is 308 g/mol.